The second-order valence-electron chi connectivity index (χ2n) is 5.53. The van der Waals surface area contributed by atoms with E-state index in [9.17, 15) is 14.9 Å². The van der Waals surface area contributed by atoms with Gasteiger partial charge in [0.15, 0.2) is 0 Å². The summed E-state index contributed by atoms with van der Waals surface area (Å²) in [5.74, 6) is -0.361. The highest BCUT2D eigenvalue weighted by Crippen LogP contribution is 2.28. The van der Waals surface area contributed by atoms with Crippen LogP contribution < -0.4 is 5.32 Å². The van der Waals surface area contributed by atoms with Gasteiger partial charge in [0, 0.05) is 24.4 Å². The Morgan fingerprint density at radius 2 is 2.09 bits per heavy atom. The molecule has 1 saturated carbocycles. The minimum atomic E-state index is -0.723. The van der Waals surface area contributed by atoms with Crippen LogP contribution in [-0.2, 0) is 4.74 Å². The van der Waals surface area contributed by atoms with Crippen molar-refractivity contribution < 1.29 is 19.6 Å². The smallest absolute Gasteiger partial charge is 0.344 e. The van der Waals surface area contributed by atoms with Crippen LogP contribution in [0.15, 0.2) is 18.2 Å². The third-order valence-electron chi connectivity index (χ3n) is 4.07. The van der Waals surface area contributed by atoms with Crippen LogP contribution in [0, 0.1) is 16.0 Å². The van der Waals surface area contributed by atoms with Crippen molar-refractivity contribution in [3.63, 3.8) is 0 Å². The molecule has 0 saturated heterocycles. The Labute approximate surface area is 128 Å². The number of benzene rings is 1. The van der Waals surface area contributed by atoms with Gasteiger partial charge in [0.25, 0.3) is 5.69 Å². The van der Waals surface area contributed by atoms with Crippen molar-refractivity contribution in [3.8, 4) is 0 Å². The van der Waals surface area contributed by atoms with Gasteiger partial charge in [-0.25, -0.2) is 4.79 Å². The number of rotatable bonds is 5. The van der Waals surface area contributed by atoms with Crippen molar-refractivity contribution in [2.75, 3.05) is 19.0 Å². The highest BCUT2D eigenvalue weighted by molar-refractivity contribution is 5.95. The molecule has 0 unspecified atom stereocenters. The topological polar surface area (TPSA) is 102 Å². The number of nitrogens with zero attached hydrogens (tertiary/aromatic N) is 1. The van der Waals surface area contributed by atoms with E-state index in [4.69, 9.17) is 5.11 Å². The van der Waals surface area contributed by atoms with Crippen molar-refractivity contribution in [1.29, 1.82) is 0 Å². The number of ether oxygens (including phenoxy) is 1. The highest BCUT2D eigenvalue weighted by Gasteiger charge is 2.24. The van der Waals surface area contributed by atoms with Gasteiger partial charge in [-0.15, -0.1) is 0 Å². The van der Waals surface area contributed by atoms with Crippen molar-refractivity contribution in [2.45, 2.75) is 31.7 Å². The Kier molecular flexibility index (Phi) is 5.32. The molecule has 0 amide bonds. The molecule has 120 valence electrons. The summed E-state index contributed by atoms with van der Waals surface area (Å²) in [6.07, 6.45) is 3.75. The molecule has 0 aliphatic heterocycles. The van der Waals surface area contributed by atoms with Gasteiger partial charge in [-0.05, 0) is 43.7 Å². The number of hydrogen-bond acceptors (Lipinski definition) is 6. The maximum absolute atomic E-state index is 11.7. The number of aliphatic hydroxyl groups excluding tert-OH is 1. The fourth-order valence-corrected chi connectivity index (χ4v) is 2.78. The van der Waals surface area contributed by atoms with Gasteiger partial charge in [-0.2, -0.15) is 0 Å². The van der Waals surface area contributed by atoms with Crippen LogP contribution in [0.5, 0.6) is 0 Å². The Morgan fingerprint density at radius 1 is 1.41 bits per heavy atom. The lowest BCUT2D eigenvalue weighted by Gasteiger charge is -2.28. The second-order valence-corrected chi connectivity index (χ2v) is 5.53. The van der Waals surface area contributed by atoms with Crippen LogP contribution in [0.2, 0.25) is 0 Å². The van der Waals surface area contributed by atoms with E-state index < -0.39 is 10.9 Å². The third-order valence-corrected chi connectivity index (χ3v) is 4.07. The summed E-state index contributed by atoms with van der Waals surface area (Å²) >= 11 is 0. The number of nitro benzene ring substituents is 1. The zero-order valence-electron chi connectivity index (χ0n) is 12.4. The summed E-state index contributed by atoms with van der Waals surface area (Å²) in [7, 11) is 1.20. The largest absolute Gasteiger partial charge is 0.465 e. The minimum absolute atomic E-state index is 0.0541. The van der Waals surface area contributed by atoms with E-state index in [0.717, 1.165) is 25.7 Å². The number of hydrogen-bond donors (Lipinski definition) is 2. The maximum Gasteiger partial charge on any atom is 0.344 e. The molecule has 0 bridgehead atoms. The summed E-state index contributed by atoms with van der Waals surface area (Å²) in [6, 6.07) is 4.62. The van der Waals surface area contributed by atoms with Crippen molar-refractivity contribution in [2.24, 2.45) is 5.92 Å². The van der Waals surface area contributed by atoms with Gasteiger partial charge in [-0.3, -0.25) is 10.1 Å². The van der Waals surface area contributed by atoms with E-state index in [1.807, 2.05) is 0 Å². The molecule has 7 heteroatoms. The first-order valence-electron chi connectivity index (χ1n) is 7.29. The predicted octanol–water partition coefficient (Wildman–Crippen LogP) is 2.34. The highest BCUT2D eigenvalue weighted by atomic mass is 16.6. The predicted molar refractivity (Wildman–Crippen MR) is 80.9 cm³/mol. The van der Waals surface area contributed by atoms with Gasteiger partial charge in [0.05, 0.1) is 12.0 Å². The molecule has 2 N–H and O–H groups in total. The Hall–Kier alpha value is -2.15. The van der Waals surface area contributed by atoms with Crippen LogP contribution in [0.4, 0.5) is 11.4 Å². The molecule has 2 rings (SSSR count). The molecule has 7 nitrogen and oxygen atoms in total. The average Bonchev–Trinajstić information content (AvgIpc) is 2.54. The van der Waals surface area contributed by atoms with Crippen molar-refractivity contribution in [3.05, 3.63) is 33.9 Å². The Morgan fingerprint density at radius 3 is 2.64 bits per heavy atom. The van der Waals surface area contributed by atoms with E-state index in [1.165, 1.54) is 19.2 Å². The molecule has 1 aromatic carbocycles. The van der Waals surface area contributed by atoms with Gasteiger partial charge < -0.3 is 15.2 Å². The van der Waals surface area contributed by atoms with Crippen molar-refractivity contribution in [1.82, 2.24) is 0 Å². The number of esters is 1. The molecular formula is C15H20N2O5. The molecule has 0 radical (unpaired) electrons. The zero-order chi connectivity index (χ0) is 16.1. The molecule has 1 aromatic rings. The number of anilines is 1. The molecule has 0 spiro atoms. The minimum Gasteiger partial charge on any atom is -0.465 e. The quantitative estimate of drug-likeness (QED) is 0.492. The molecular weight excluding hydrogens is 288 g/mol. The lowest BCUT2D eigenvalue weighted by molar-refractivity contribution is -0.385. The number of carbonyl (C=O) groups excluding carboxylic acids is 1. The second kappa shape index (κ2) is 7.22. The van der Waals surface area contributed by atoms with Crippen LogP contribution in [-0.4, -0.2) is 35.8 Å². The van der Waals surface area contributed by atoms with Crippen LogP contribution in [0.3, 0.4) is 0 Å². The van der Waals surface area contributed by atoms with Gasteiger partial charge in [0.1, 0.15) is 5.56 Å². The number of methoxy groups -OCH3 is 1. The standard InChI is InChI=1S/C15H20N2O5/c1-22-15(19)13-8-12(6-7-14(13)17(20)21)16-11-4-2-10(9-18)3-5-11/h6-8,10-11,16,18H,2-5,9H2,1H3. The van der Waals surface area contributed by atoms with Gasteiger partial charge in [-0.1, -0.05) is 0 Å². The lowest BCUT2D eigenvalue weighted by atomic mass is 9.86. The summed E-state index contributed by atoms with van der Waals surface area (Å²) in [4.78, 5) is 22.1. The third kappa shape index (κ3) is 3.73. The molecule has 22 heavy (non-hydrogen) atoms. The normalized spacial score (nSPS) is 21.2. The fourth-order valence-electron chi connectivity index (χ4n) is 2.78. The van der Waals surface area contributed by atoms with E-state index in [0.29, 0.717) is 11.6 Å². The Bertz CT molecular complexity index is 553. The summed E-state index contributed by atoms with van der Waals surface area (Å²) in [5, 5.41) is 23.4. The van der Waals surface area contributed by atoms with Crippen LogP contribution in [0.1, 0.15) is 36.0 Å². The molecule has 1 aliphatic carbocycles. The van der Waals surface area contributed by atoms with E-state index in [1.54, 1.807) is 6.07 Å². The van der Waals surface area contributed by atoms with Crippen molar-refractivity contribution >= 4 is 17.3 Å². The first-order valence-corrected chi connectivity index (χ1v) is 7.29. The van der Waals surface area contributed by atoms with Crippen LogP contribution in [0.25, 0.3) is 0 Å². The SMILES string of the molecule is COC(=O)c1cc(NC2CCC(CO)CC2)ccc1[N+](=O)[O-]. The Balaban J connectivity index is 2.12. The fraction of sp³-hybridized carbons (Fsp3) is 0.533. The molecule has 0 heterocycles. The first-order chi connectivity index (χ1) is 10.5. The molecule has 1 aliphatic rings. The number of nitro groups is 1. The summed E-state index contributed by atoms with van der Waals surface area (Å²) in [6.45, 7) is 0.219. The molecule has 0 aromatic heterocycles. The zero-order valence-corrected chi connectivity index (χ0v) is 12.4. The number of nitrogens with one attached hydrogen (secondary N) is 1. The lowest BCUT2D eigenvalue weighted by Crippen LogP contribution is -2.27. The van der Waals surface area contributed by atoms with E-state index in [-0.39, 0.29) is 23.9 Å². The van der Waals surface area contributed by atoms with Gasteiger partial charge in [0.2, 0.25) is 0 Å². The van der Waals surface area contributed by atoms with E-state index >= 15 is 0 Å². The number of aliphatic hydroxyl groups is 1. The molecule has 1 fully saturated rings. The van der Waals surface area contributed by atoms with Crippen LogP contribution >= 0.6 is 0 Å². The van der Waals surface area contributed by atoms with Gasteiger partial charge >= 0.3 is 5.97 Å². The summed E-state index contributed by atoms with van der Waals surface area (Å²) < 4.78 is 4.60. The monoisotopic (exact) mass is 308 g/mol. The average molecular weight is 308 g/mol. The first kappa shape index (κ1) is 16.2. The number of carbonyl (C=O) groups is 1. The summed E-state index contributed by atoms with van der Waals surface area (Å²) in [5.41, 5.74) is 0.349. The molecule has 0 atom stereocenters. The maximum atomic E-state index is 11.7. The van der Waals surface area contributed by atoms with E-state index in [2.05, 4.69) is 10.1 Å².